The lowest BCUT2D eigenvalue weighted by Gasteiger charge is -2.37. The topological polar surface area (TPSA) is 52.7 Å². The van der Waals surface area contributed by atoms with Crippen molar-refractivity contribution >= 4 is 23.2 Å². The monoisotopic (exact) mass is 489 g/mol. The molecular weight excluding hydrogens is 446 g/mol. The van der Waals surface area contributed by atoms with Gasteiger partial charge >= 0.3 is 0 Å². The fourth-order valence-electron chi connectivity index (χ4n) is 6.06. The molecule has 5 nitrogen and oxygen atoms in total. The van der Waals surface area contributed by atoms with E-state index in [9.17, 15) is 9.59 Å². The molecule has 0 heterocycles. The first-order chi connectivity index (χ1) is 17.5. The van der Waals surface area contributed by atoms with Gasteiger partial charge in [0.2, 0.25) is 11.8 Å². The zero-order valence-corrected chi connectivity index (χ0v) is 22.3. The van der Waals surface area contributed by atoms with E-state index in [1.165, 1.54) is 19.3 Å². The number of carbonyl (C=O) groups is 2. The molecule has 2 fully saturated rings. The zero-order chi connectivity index (χ0) is 25.5. The van der Waals surface area contributed by atoms with Gasteiger partial charge in [-0.05, 0) is 61.4 Å². The summed E-state index contributed by atoms with van der Waals surface area (Å²) >= 11 is 0. The standard InChI is InChI=1S/C31H43N3O2/c1-4-28(23-13-7-5-8-14-23)31(36)34(27-17-9-6-10-18-27)22-25-21-26(19-20-29(25)33(2)3)32-30(35)24-15-11-12-16-24/h5,7-8,13-14,19-21,24,27-28H,4,6,9-12,15-18,22H2,1-3H3,(H,32,35)/t28-/m0/s1. The maximum atomic E-state index is 14.1. The number of amides is 2. The van der Waals surface area contributed by atoms with Crippen molar-refractivity contribution in [3.05, 3.63) is 59.7 Å². The number of benzene rings is 2. The summed E-state index contributed by atoms with van der Waals surface area (Å²) in [6.07, 6.45) is 10.8. The van der Waals surface area contributed by atoms with Crippen LogP contribution in [0.2, 0.25) is 0 Å². The summed E-state index contributed by atoms with van der Waals surface area (Å²) in [4.78, 5) is 31.2. The van der Waals surface area contributed by atoms with E-state index in [0.29, 0.717) is 6.54 Å². The van der Waals surface area contributed by atoms with E-state index in [-0.39, 0.29) is 29.7 Å². The molecule has 1 atom stereocenters. The van der Waals surface area contributed by atoms with Crippen LogP contribution in [0.25, 0.3) is 0 Å². The third kappa shape index (κ3) is 6.29. The third-order valence-electron chi connectivity index (χ3n) is 8.10. The number of hydrogen-bond donors (Lipinski definition) is 1. The van der Waals surface area contributed by atoms with Crippen molar-refractivity contribution in [1.29, 1.82) is 0 Å². The van der Waals surface area contributed by atoms with Gasteiger partial charge in [0.15, 0.2) is 0 Å². The lowest BCUT2D eigenvalue weighted by molar-refractivity contribution is -0.136. The van der Waals surface area contributed by atoms with Gasteiger partial charge in [-0.15, -0.1) is 0 Å². The van der Waals surface area contributed by atoms with Crippen LogP contribution < -0.4 is 10.2 Å². The van der Waals surface area contributed by atoms with E-state index in [0.717, 1.165) is 67.4 Å². The minimum Gasteiger partial charge on any atom is -0.377 e. The molecule has 2 aromatic rings. The molecule has 1 N–H and O–H groups in total. The lowest BCUT2D eigenvalue weighted by atomic mass is 9.90. The summed E-state index contributed by atoms with van der Waals surface area (Å²) < 4.78 is 0. The second-order valence-electron chi connectivity index (χ2n) is 10.8. The number of nitrogens with zero attached hydrogens (tertiary/aromatic N) is 2. The summed E-state index contributed by atoms with van der Waals surface area (Å²) in [5.74, 6) is 0.340. The first-order valence-electron chi connectivity index (χ1n) is 13.9. The normalized spacial score (nSPS) is 17.5. The Morgan fingerprint density at radius 2 is 1.58 bits per heavy atom. The van der Waals surface area contributed by atoms with Gasteiger partial charge in [-0.1, -0.05) is 69.4 Å². The molecule has 36 heavy (non-hydrogen) atoms. The predicted octanol–water partition coefficient (Wildman–Crippen LogP) is 6.74. The van der Waals surface area contributed by atoms with Gasteiger partial charge in [0.25, 0.3) is 0 Å². The van der Waals surface area contributed by atoms with Crippen LogP contribution in [0.4, 0.5) is 11.4 Å². The largest absolute Gasteiger partial charge is 0.377 e. The molecule has 0 spiro atoms. The Hall–Kier alpha value is -2.82. The summed E-state index contributed by atoms with van der Waals surface area (Å²) in [6.45, 7) is 2.67. The van der Waals surface area contributed by atoms with Gasteiger partial charge in [0.05, 0.1) is 5.92 Å². The summed E-state index contributed by atoms with van der Waals surface area (Å²) in [5, 5.41) is 3.17. The maximum absolute atomic E-state index is 14.1. The van der Waals surface area contributed by atoms with Crippen molar-refractivity contribution in [1.82, 2.24) is 4.90 Å². The Morgan fingerprint density at radius 3 is 2.22 bits per heavy atom. The van der Waals surface area contributed by atoms with E-state index >= 15 is 0 Å². The Labute approximate surface area is 217 Å². The van der Waals surface area contributed by atoms with Gasteiger partial charge in [0, 0.05) is 44.0 Å². The van der Waals surface area contributed by atoms with Crippen molar-refractivity contribution in [3.63, 3.8) is 0 Å². The minimum absolute atomic E-state index is 0.124. The van der Waals surface area contributed by atoms with E-state index in [1.54, 1.807) is 0 Å². The molecule has 2 aliphatic rings. The average Bonchev–Trinajstić information content (AvgIpc) is 3.44. The maximum Gasteiger partial charge on any atom is 0.230 e. The Kier molecular flexibility index (Phi) is 9.06. The number of hydrogen-bond acceptors (Lipinski definition) is 3. The molecule has 0 saturated heterocycles. The van der Waals surface area contributed by atoms with E-state index in [1.807, 2.05) is 38.4 Å². The SMILES string of the molecule is CC[C@H](C(=O)N(Cc1cc(NC(=O)C2CCCC2)ccc1N(C)C)C1CCCCC1)c1ccccc1. The van der Waals surface area contributed by atoms with Crippen LogP contribution in [0.15, 0.2) is 48.5 Å². The fourth-order valence-corrected chi connectivity index (χ4v) is 6.06. The van der Waals surface area contributed by atoms with Crippen LogP contribution in [0.3, 0.4) is 0 Å². The molecule has 0 aliphatic heterocycles. The van der Waals surface area contributed by atoms with Gasteiger partial charge in [-0.3, -0.25) is 9.59 Å². The van der Waals surface area contributed by atoms with Crippen molar-refractivity contribution in [2.45, 2.75) is 89.6 Å². The zero-order valence-electron chi connectivity index (χ0n) is 22.3. The van der Waals surface area contributed by atoms with Gasteiger partial charge in [0.1, 0.15) is 0 Å². The van der Waals surface area contributed by atoms with E-state index < -0.39 is 0 Å². The van der Waals surface area contributed by atoms with E-state index in [2.05, 4.69) is 46.3 Å². The molecule has 2 aromatic carbocycles. The van der Waals surface area contributed by atoms with Gasteiger partial charge in [-0.2, -0.15) is 0 Å². The Morgan fingerprint density at radius 1 is 0.917 bits per heavy atom. The van der Waals surface area contributed by atoms with Crippen LogP contribution >= 0.6 is 0 Å². The summed E-state index contributed by atoms with van der Waals surface area (Å²) in [5.41, 5.74) is 4.11. The highest BCUT2D eigenvalue weighted by molar-refractivity contribution is 5.93. The smallest absolute Gasteiger partial charge is 0.230 e. The third-order valence-corrected chi connectivity index (χ3v) is 8.10. The number of carbonyl (C=O) groups excluding carboxylic acids is 2. The first kappa shape index (κ1) is 26.2. The predicted molar refractivity (Wildman–Crippen MR) is 148 cm³/mol. The van der Waals surface area contributed by atoms with Crippen LogP contribution in [-0.4, -0.2) is 36.9 Å². The van der Waals surface area contributed by atoms with Crippen LogP contribution in [0, 0.1) is 5.92 Å². The van der Waals surface area contributed by atoms with Gasteiger partial charge < -0.3 is 15.1 Å². The lowest BCUT2D eigenvalue weighted by Crippen LogP contribution is -2.43. The minimum atomic E-state index is -0.138. The molecule has 5 heteroatoms. The van der Waals surface area contributed by atoms with Crippen molar-refractivity contribution in [2.75, 3.05) is 24.3 Å². The van der Waals surface area contributed by atoms with Crippen molar-refractivity contribution in [3.8, 4) is 0 Å². The van der Waals surface area contributed by atoms with E-state index in [4.69, 9.17) is 0 Å². The number of nitrogens with one attached hydrogen (secondary N) is 1. The van der Waals surface area contributed by atoms with Crippen LogP contribution in [0.5, 0.6) is 0 Å². The quantitative estimate of drug-likeness (QED) is 0.424. The van der Waals surface area contributed by atoms with Crippen LogP contribution in [0.1, 0.15) is 88.2 Å². The molecule has 0 bridgehead atoms. The molecule has 0 aromatic heterocycles. The molecule has 2 saturated carbocycles. The molecule has 0 unspecified atom stereocenters. The highest BCUT2D eigenvalue weighted by Gasteiger charge is 2.31. The number of rotatable bonds is 9. The average molecular weight is 490 g/mol. The highest BCUT2D eigenvalue weighted by atomic mass is 16.2. The summed E-state index contributed by atoms with van der Waals surface area (Å²) in [6, 6.07) is 16.6. The first-order valence-corrected chi connectivity index (χ1v) is 13.9. The molecular formula is C31H43N3O2. The fraction of sp³-hybridized carbons (Fsp3) is 0.548. The highest BCUT2D eigenvalue weighted by Crippen LogP contribution is 2.33. The van der Waals surface area contributed by atoms with Gasteiger partial charge in [-0.25, -0.2) is 0 Å². The molecule has 4 rings (SSSR count). The Balaban J connectivity index is 1.63. The molecule has 194 valence electrons. The second kappa shape index (κ2) is 12.4. The van der Waals surface area contributed by atoms with Crippen molar-refractivity contribution < 1.29 is 9.59 Å². The Bertz CT molecular complexity index is 1010. The number of anilines is 2. The van der Waals surface area contributed by atoms with Crippen molar-refractivity contribution in [2.24, 2.45) is 5.92 Å². The summed E-state index contributed by atoms with van der Waals surface area (Å²) in [7, 11) is 4.09. The van der Waals surface area contributed by atoms with Crippen LogP contribution in [-0.2, 0) is 16.1 Å². The second-order valence-corrected chi connectivity index (χ2v) is 10.8. The molecule has 2 amide bonds. The molecule has 2 aliphatic carbocycles. The molecule has 0 radical (unpaired) electrons.